The van der Waals surface area contributed by atoms with Crippen molar-refractivity contribution in [2.75, 3.05) is 4.90 Å². The minimum Gasteiger partial charge on any atom is -0.274 e. The standard InChI is InChI=1S/C18H15Cl2NO2/c1-8(2)14-10-4-5-11(14)16-15(10)17(22)21(18(16)23)9-3-6-12(19)13(20)7-9/h3-7,10-11,15-16H,1-2H3/t10-,11-,15+,16+/m1/s1. The summed E-state index contributed by atoms with van der Waals surface area (Å²) in [6.45, 7) is 4.10. The fourth-order valence-corrected chi connectivity index (χ4v) is 4.60. The second-order valence-corrected chi connectivity index (χ2v) is 7.37. The summed E-state index contributed by atoms with van der Waals surface area (Å²) in [6, 6.07) is 4.86. The predicted molar refractivity (Wildman–Crippen MR) is 90.4 cm³/mol. The highest BCUT2D eigenvalue weighted by Crippen LogP contribution is 2.57. The topological polar surface area (TPSA) is 37.4 Å². The van der Waals surface area contributed by atoms with Gasteiger partial charge in [0.2, 0.25) is 11.8 Å². The van der Waals surface area contributed by atoms with Crippen LogP contribution in [0.2, 0.25) is 10.0 Å². The van der Waals surface area contributed by atoms with E-state index < -0.39 is 0 Å². The van der Waals surface area contributed by atoms with Crippen LogP contribution in [0.25, 0.3) is 0 Å². The van der Waals surface area contributed by atoms with Crippen molar-refractivity contribution in [2.24, 2.45) is 23.7 Å². The van der Waals surface area contributed by atoms with Gasteiger partial charge in [0.05, 0.1) is 27.6 Å². The summed E-state index contributed by atoms with van der Waals surface area (Å²) < 4.78 is 0. The number of carbonyl (C=O) groups excluding carboxylic acids is 2. The largest absolute Gasteiger partial charge is 0.274 e. The van der Waals surface area contributed by atoms with Gasteiger partial charge < -0.3 is 0 Å². The number of allylic oxidation sites excluding steroid dienone is 4. The first-order valence-corrected chi connectivity index (χ1v) is 8.36. The minimum atomic E-state index is -0.281. The van der Waals surface area contributed by atoms with Crippen molar-refractivity contribution in [1.29, 1.82) is 0 Å². The molecule has 3 nitrogen and oxygen atoms in total. The molecule has 1 saturated carbocycles. The van der Waals surface area contributed by atoms with Crippen LogP contribution < -0.4 is 4.90 Å². The lowest BCUT2D eigenvalue weighted by atomic mass is 9.85. The lowest BCUT2D eigenvalue weighted by Gasteiger charge is -2.19. The zero-order chi connectivity index (χ0) is 16.5. The Morgan fingerprint density at radius 2 is 1.52 bits per heavy atom. The molecular weight excluding hydrogens is 333 g/mol. The van der Waals surface area contributed by atoms with Gasteiger partial charge in [0.15, 0.2) is 0 Å². The van der Waals surface area contributed by atoms with Crippen LogP contribution in [-0.4, -0.2) is 11.8 Å². The summed E-state index contributed by atoms with van der Waals surface area (Å²) in [6.07, 6.45) is 4.16. The molecule has 0 radical (unpaired) electrons. The lowest BCUT2D eigenvalue weighted by Crippen LogP contribution is -2.33. The predicted octanol–water partition coefficient (Wildman–Crippen LogP) is 4.25. The summed E-state index contributed by atoms with van der Waals surface area (Å²) >= 11 is 12.0. The van der Waals surface area contributed by atoms with E-state index in [0.717, 1.165) is 0 Å². The number of anilines is 1. The molecule has 23 heavy (non-hydrogen) atoms. The van der Waals surface area contributed by atoms with Crippen molar-refractivity contribution >= 4 is 40.7 Å². The molecule has 5 heteroatoms. The van der Waals surface area contributed by atoms with Crippen LogP contribution in [0.15, 0.2) is 41.5 Å². The van der Waals surface area contributed by atoms with Crippen molar-refractivity contribution in [1.82, 2.24) is 0 Å². The number of hydrogen-bond donors (Lipinski definition) is 0. The molecule has 1 aliphatic heterocycles. The first kappa shape index (κ1) is 15.0. The van der Waals surface area contributed by atoms with E-state index in [-0.39, 0.29) is 35.5 Å². The van der Waals surface area contributed by atoms with Crippen LogP contribution in [0.3, 0.4) is 0 Å². The van der Waals surface area contributed by atoms with Gasteiger partial charge >= 0.3 is 0 Å². The van der Waals surface area contributed by atoms with Gasteiger partial charge in [-0.1, -0.05) is 46.5 Å². The molecule has 3 aliphatic rings. The van der Waals surface area contributed by atoms with Crippen LogP contribution >= 0.6 is 23.2 Å². The average molecular weight is 348 g/mol. The average Bonchev–Trinajstić information content (AvgIpc) is 3.13. The Kier molecular flexibility index (Phi) is 3.23. The summed E-state index contributed by atoms with van der Waals surface area (Å²) in [4.78, 5) is 27.1. The second-order valence-electron chi connectivity index (χ2n) is 6.55. The number of carbonyl (C=O) groups is 2. The summed E-state index contributed by atoms with van der Waals surface area (Å²) in [5.74, 6) is -0.713. The van der Waals surface area contributed by atoms with Gasteiger partial charge in [0.25, 0.3) is 0 Å². The van der Waals surface area contributed by atoms with E-state index in [4.69, 9.17) is 23.2 Å². The smallest absolute Gasteiger partial charge is 0.238 e. The van der Waals surface area contributed by atoms with Crippen LogP contribution in [0.1, 0.15) is 13.8 Å². The normalized spacial score (nSPS) is 31.3. The molecule has 2 amide bonds. The first-order chi connectivity index (χ1) is 10.9. The summed E-state index contributed by atoms with van der Waals surface area (Å²) in [7, 11) is 0. The number of imide groups is 1. The van der Waals surface area contributed by atoms with Gasteiger partial charge in [0, 0.05) is 11.8 Å². The Bertz CT molecular complexity index is 773. The van der Waals surface area contributed by atoms with E-state index in [2.05, 4.69) is 26.0 Å². The molecule has 2 bridgehead atoms. The van der Waals surface area contributed by atoms with Gasteiger partial charge in [-0.25, -0.2) is 4.90 Å². The molecule has 1 aromatic carbocycles. The maximum absolute atomic E-state index is 12.9. The van der Waals surface area contributed by atoms with Gasteiger partial charge in [-0.3, -0.25) is 9.59 Å². The zero-order valence-corrected chi connectivity index (χ0v) is 14.2. The second kappa shape index (κ2) is 4.96. The van der Waals surface area contributed by atoms with E-state index in [0.29, 0.717) is 15.7 Å². The lowest BCUT2D eigenvalue weighted by molar-refractivity contribution is -0.122. The first-order valence-electron chi connectivity index (χ1n) is 7.60. The Morgan fingerprint density at radius 1 is 0.957 bits per heavy atom. The Morgan fingerprint density at radius 3 is 2.00 bits per heavy atom. The van der Waals surface area contributed by atoms with E-state index in [9.17, 15) is 9.59 Å². The van der Waals surface area contributed by atoms with Crippen molar-refractivity contribution in [2.45, 2.75) is 13.8 Å². The molecule has 1 heterocycles. The Labute approximate surface area is 144 Å². The number of nitrogens with zero attached hydrogens (tertiary/aromatic N) is 1. The van der Waals surface area contributed by atoms with Gasteiger partial charge in [-0.05, 0) is 32.0 Å². The maximum Gasteiger partial charge on any atom is 0.238 e. The fraction of sp³-hybridized carbons (Fsp3) is 0.333. The molecule has 1 saturated heterocycles. The van der Waals surface area contributed by atoms with E-state index >= 15 is 0 Å². The molecule has 1 aromatic rings. The number of hydrogen-bond acceptors (Lipinski definition) is 2. The molecule has 118 valence electrons. The fourth-order valence-electron chi connectivity index (χ4n) is 4.31. The van der Waals surface area contributed by atoms with Crippen LogP contribution in [0.4, 0.5) is 5.69 Å². The number of halogens is 2. The summed E-state index contributed by atoms with van der Waals surface area (Å²) in [5.41, 5.74) is 2.96. The molecule has 0 aromatic heterocycles. The quantitative estimate of drug-likeness (QED) is 0.562. The van der Waals surface area contributed by atoms with Crippen LogP contribution in [0, 0.1) is 23.7 Å². The van der Waals surface area contributed by atoms with Crippen molar-refractivity contribution in [3.63, 3.8) is 0 Å². The molecule has 2 aliphatic carbocycles. The molecule has 0 unspecified atom stereocenters. The number of benzene rings is 1. The monoisotopic (exact) mass is 347 g/mol. The van der Waals surface area contributed by atoms with E-state index in [1.807, 2.05) is 0 Å². The number of amides is 2. The molecule has 4 rings (SSSR count). The highest BCUT2D eigenvalue weighted by molar-refractivity contribution is 6.42. The molecule has 0 N–H and O–H groups in total. The Balaban J connectivity index is 1.77. The van der Waals surface area contributed by atoms with Crippen molar-refractivity contribution < 1.29 is 9.59 Å². The SMILES string of the molecule is CC(C)=C1[C@H]2C=C[C@H]1[C@@H]1C(=O)N(c3ccc(Cl)c(Cl)c3)C(=O)[C@H]12. The third-order valence-corrected chi connectivity index (χ3v) is 5.89. The van der Waals surface area contributed by atoms with E-state index in [1.54, 1.807) is 18.2 Å². The Hall–Kier alpha value is -1.58. The third-order valence-electron chi connectivity index (χ3n) is 5.15. The number of rotatable bonds is 1. The number of fused-ring (bicyclic) bond motifs is 5. The van der Waals surface area contributed by atoms with Gasteiger partial charge in [-0.15, -0.1) is 0 Å². The van der Waals surface area contributed by atoms with Crippen LogP contribution in [0.5, 0.6) is 0 Å². The third kappa shape index (κ3) is 1.90. The van der Waals surface area contributed by atoms with Crippen LogP contribution in [-0.2, 0) is 9.59 Å². The zero-order valence-electron chi connectivity index (χ0n) is 12.7. The van der Waals surface area contributed by atoms with Crippen molar-refractivity contribution in [3.8, 4) is 0 Å². The molecule has 2 fully saturated rings. The highest BCUT2D eigenvalue weighted by atomic mass is 35.5. The highest BCUT2D eigenvalue weighted by Gasteiger charge is 2.61. The molecular formula is C18H15Cl2NO2. The van der Waals surface area contributed by atoms with Crippen molar-refractivity contribution in [3.05, 3.63) is 51.5 Å². The van der Waals surface area contributed by atoms with Gasteiger partial charge in [0.1, 0.15) is 0 Å². The molecule has 4 atom stereocenters. The minimum absolute atomic E-state index is 0.0548. The molecule has 0 spiro atoms. The van der Waals surface area contributed by atoms with Gasteiger partial charge in [-0.2, -0.15) is 0 Å². The van der Waals surface area contributed by atoms with E-state index in [1.165, 1.54) is 16.0 Å². The summed E-state index contributed by atoms with van der Waals surface area (Å²) in [5, 5.41) is 0.746. The maximum atomic E-state index is 12.9.